The number of rotatable bonds is 3. The molecular weight excluding hydrogens is 205 g/mol. The highest BCUT2D eigenvalue weighted by atomic mass is 19.1. The first-order chi connectivity index (χ1) is 7.75. The monoisotopic (exact) mass is 216 g/mol. The van der Waals surface area contributed by atoms with Gasteiger partial charge in [0.2, 0.25) is 12.3 Å². The van der Waals surface area contributed by atoms with Gasteiger partial charge in [0, 0.05) is 17.7 Å². The van der Waals surface area contributed by atoms with Crippen LogP contribution in [0.5, 0.6) is 0 Å². The minimum atomic E-state index is -0.330. The van der Waals surface area contributed by atoms with Crippen LogP contribution in [0.25, 0.3) is 0 Å². The molecule has 0 aliphatic carbocycles. The van der Waals surface area contributed by atoms with Crippen molar-refractivity contribution in [2.75, 3.05) is 0 Å². The van der Waals surface area contributed by atoms with E-state index in [1.54, 1.807) is 4.57 Å². The van der Waals surface area contributed by atoms with E-state index in [1.165, 1.54) is 24.3 Å². The van der Waals surface area contributed by atoms with Gasteiger partial charge in [-0.2, -0.15) is 4.57 Å². The summed E-state index contributed by atoms with van der Waals surface area (Å²) in [6.07, 6.45) is 3.64. The van der Waals surface area contributed by atoms with Gasteiger partial charge in [0.1, 0.15) is 5.82 Å². The fourth-order valence-electron chi connectivity index (χ4n) is 1.43. The first-order valence-corrected chi connectivity index (χ1v) is 4.98. The number of halogens is 1. The standard InChI is InChI=1S/C13H11FNO/c14-12-6-4-11(5-7-12)13(16)10-15-8-2-1-3-9-15/h1-9H,10H2/q+1. The summed E-state index contributed by atoms with van der Waals surface area (Å²) in [5, 5.41) is 0. The summed E-state index contributed by atoms with van der Waals surface area (Å²) in [6, 6.07) is 11.2. The maximum Gasteiger partial charge on any atom is 0.227 e. The van der Waals surface area contributed by atoms with Crippen molar-refractivity contribution in [2.24, 2.45) is 0 Å². The summed E-state index contributed by atoms with van der Waals surface area (Å²) >= 11 is 0. The third kappa shape index (κ3) is 2.51. The lowest BCUT2D eigenvalue weighted by molar-refractivity contribution is -0.683. The Balaban J connectivity index is 2.12. The Morgan fingerprint density at radius 1 is 1.06 bits per heavy atom. The van der Waals surface area contributed by atoms with Gasteiger partial charge >= 0.3 is 0 Å². The van der Waals surface area contributed by atoms with Crippen LogP contribution in [0.15, 0.2) is 54.9 Å². The van der Waals surface area contributed by atoms with Crippen molar-refractivity contribution in [1.29, 1.82) is 0 Å². The van der Waals surface area contributed by atoms with Gasteiger partial charge in [-0.3, -0.25) is 4.79 Å². The highest BCUT2D eigenvalue weighted by Crippen LogP contribution is 2.03. The molecule has 0 atom stereocenters. The molecule has 0 saturated carbocycles. The van der Waals surface area contributed by atoms with Crippen LogP contribution >= 0.6 is 0 Å². The Hall–Kier alpha value is -2.03. The fourth-order valence-corrected chi connectivity index (χ4v) is 1.43. The smallest absolute Gasteiger partial charge is 0.227 e. The molecule has 2 nitrogen and oxygen atoms in total. The van der Waals surface area contributed by atoms with Gasteiger partial charge in [0.05, 0.1) is 0 Å². The normalized spacial score (nSPS) is 10.1. The van der Waals surface area contributed by atoms with E-state index in [4.69, 9.17) is 0 Å². The van der Waals surface area contributed by atoms with Crippen LogP contribution in [-0.2, 0) is 6.54 Å². The van der Waals surface area contributed by atoms with E-state index in [1.807, 2.05) is 30.6 Å². The van der Waals surface area contributed by atoms with E-state index in [2.05, 4.69) is 0 Å². The molecule has 0 unspecified atom stereocenters. The second-order valence-electron chi connectivity index (χ2n) is 3.48. The Morgan fingerprint density at radius 3 is 2.31 bits per heavy atom. The Kier molecular flexibility index (Phi) is 3.05. The largest absolute Gasteiger partial charge is 0.287 e. The number of ketones is 1. The molecule has 0 fully saturated rings. The third-order valence-electron chi connectivity index (χ3n) is 2.27. The van der Waals surface area contributed by atoms with E-state index < -0.39 is 0 Å². The molecule has 1 aromatic heterocycles. The SMILES string of the molecule is O=C(C[n+]1ccccc1)c1ccc(F)cc1. The molecule has 80 valence electrons. The zero-order chi connectivity index (χ0) is 11.4. The molecule has 0 radical (unpaired) electrons. The van der Waals surface area contributed by atoms with Gasteiger partial charge in [-0.25, -0.2) is 4.39 Å². The molecule has 0 saturated heterocycles. The lowest BCUT2D eigenvalue weighted by Crippen LogP contribution is -2.36. The summed E-state index contributed by atoms with van der Waals surface area (Å²) in [5.74, 6) is -0.361. The van der Waals surface area contributed by atoms with Crippen molar-refractivity contribution in [2.45, 2.75) is 6.54 Å². The van der Waals surface area contributed by atoms with Crippen LogP contribution in [0.3, 0.4) is 0 Å². The molecule has 2 aromatic rings. The molecule has 1 heterocycles. The van der Waals surface area contributed by atoms with Crippen LogP contribution in [-0.4, -0.2) is 5.78 Å². The van der Waals surface area contributed by atoms with E-state index >= 15 is 0 Å². The molecule has 0 amide bonds. The molecule has 0 spiro atoms. The van der Waals surface area contributed by atoms with Crippen LogP contribution in [0, 0.1) is 5.82 Å². The van der Waals surface area contributed by atoms with Crippen molar-refractivity contribution in [3.05, 3.63) is 66.2 Å². The van der Waals surface area contributed by atoms with Gasteiger partial charge in [-0.05, 0) is 24.3 Å². The summed E-state index contributed by atoms with van der Waals surface area (Å²) in [6.45, 7) is 0.270. The lowest BCUT2D eigenvalue weighted by Gasteiger charge is -1.97. The van der Waals surface area contributed by atoms with E-state index in [0.29, 0.717) is 5.56 Å². The average Bonchev–Trinajstić information content (AvgIpc) is 2.31. The van der Waals surface area contributed by atoms with Gasteiger partial charge in [-0.15, -0.1) is 0 Å². The number of benzene rings is 1. The summed E-state index contributed by atoms with van der Waals surface area (Å²) in [5.41, 5.74) is 0.526. The first-order valence-electron chi connectivity index (χ1n) is 4.98. The molecule has 0 bridgehead atoms. The Bertz CT molecular complexity index is 479. The topological polar surface area (TPSA) is 20.9 Å². The maximum absolute atomic E-state index is 12.7. The molecular formula is C13H11FNO+. The van der Waals surface area contributed by atoms with Crippen molar-refractivity contribution < 1.29 is 13.8 Å². The van der Waals surface area contributed by atoms with E-state index in [0.717, 1.165) is 0 Å². The van der Waals surface area contributed by atoms with Crippen LogP contribution in [0.4, 0.5) is 4.39 Å². The van der Waals surface area contributed by atoms with Crippen LogP contribution in [0.1, 0.15) is 10.4 Å². The molecule has 0 aliphatic heterocycles. The summed E-state index contributed by atoms with van der Waals surface area (Å²) < 4.78 is 14.4. The van der Waals surface area contributed by atoms with Crippen molar-refractivity contribution in [3.63, 3.8) is 0 Å². The van der Waals surface area contributed by atoms with Crippen molar-refractivity contribution in [1.82, 2.24) is 0 Å². The average molecular weight is 216 g/mol. The number of carbonyl (C=O) groups excluding carboxylic acids is 1. The van der Waals surface area contributed by atoms with Gasteiger partial charge < -0.3 is 0 Å². The number of pyridine rings is 1. The Labute approximate surface area is 93.0 Å². The zero-order valence-electron chi connectivity index (χ0n) is 8.64. The minimum Gasteiger partial charge on any atom is -0.287 e. The summed E-state index contributed by atoms with van der Waals surface area (Å²) in [7, 11) is 0. The second-order valence-corrected chi connectivity index (χ2v) is 3.48. The highest BCUT2D eigenvalue weighted by Gasteiger charge is 2.10. The number of Topliss-reactive ketones (excluding diaryl/α,β-unsaturated/α-hetero) is 1. The predicted molar refractivity (Wildman–Crippen MR) is 57.4 cm³/mol. The molecule has 3 heteroatoms. The van der Waals surface area contributed by atoms with Crippen LogP contribution < -0.4 is 4.57 Å². The fraction of sp³-hybridized carbons (Fsp3) is 0.0769. The van der Waals surface area contributed by atoms with Gasteiger partial charge in [0.25, 0.3) is 0 Å². The Morgan fingerprint density at radius 2 is 1.69 bits per heavy atom. The first kappa shape index (κ1) is 10.5. The maximum atomic E-state index is 12.7. The second kappa shape index (κ2) is 4.66. The number of nitrogens with zero attached hydrogens (tertiary/aromatic N) is 1. The molecule has 2 rings (SSSR count). The van der Waals surface area contributed by atoms with E-state index in [9.17, 15) is 9.18 Å². The third-order valence-corrected chi connectivity index (χ3v) is 2.27. The van der Waals surface area contributed by atoms with Gasteiger partial charge in [0.15, 0.2) is 12.4 Å². The van der Waals surface area contributed by atoms with Crippen LogP contribution in [0.2, 0.25) is 0 Å². The molecule has 16 heavy (non-hydrogen) atoms. The molecule has 1 aromatic carbocycles. The zero-order valence-corrected chi connectivity index (χ0v) is 8.64. The number of aromatic nitrogens is 1. The highest BCUT2D eigenvalue weighted by molar-refractivity contribution is 5.94. The quantitative estimate of drug-likeness (QED) is 0.568. The predicted octanol–water partition coefficient (Wildman–Crippen LogP) is 2.00. The number of hydrogen-bond donors (Lipinski definition) is 0. The summed E-state index contributed by atoms with van der Waals surface area (Å²) in [4.78, 5) is 11.8. The molecule has 0 N–H and O–H groups in total. The molecule has 0 aliphatic rings. The minimum absolute atomic E-state index is 0.0313. The number of hydrogen-bond acceptors (Lipinski definition) is 1. The van der Waals surface area contributed by atoms with Crippen molar-refractivity contribution >= 4 is 5.78 Å². The van der Waals surface area contributed by atoms with Crippen molar-refractivity contribution in [3.8, 4) is 0 Å². The van der Waals surface area contributed by atoms with E-state index in [-0.39, 0.29) is 18.1 Å². The lowest BCUT2D eigenvalue weighted by atomic mass is 10.1. The number of carbonyl (C=O) groups is 1. The van der Waals surface area contributed by atoms with Gasteiger partial charge in [-0.1, -0.05) is 6.07 Å².